The van der Waals surface area contributed by atoms with Gasteiger partial charge in [-0.3, -0.25) is 0 Å². The van der Waals surface area contributed by atoms with Crippen molar-refractivity contribution in [3.05, 3.63) is 22.4 Å². The third kappa shape index (κ3) is 2.17. The maximum absolute atomic E-state index is 3.64. The molecule has 2 heterocycles. The summed E-state index contributed by atoms with van der Waals surface area (Å²) in [5, 5.41) is 5.82. The van der Waals surface area contributed by atoms with Crippen molar-refractivity contribution in [1.82, 2.24) is 5.32 Å². The highest BCUT2D eigenvalue weighted by atomic mass is 32.1. The van der Waals surface area contributed by atoms with Crippen LogP contribution in [0.1, 0.15) is 37.1 Å². The Morgan fingerprint density at radius 3 is 3.00 bits per heavy atom. The number of hydrogen-bond donors (Lipinski definition) is 1. The average Bonchev–Trinajstić information content (AvgIpc) is 2.83. The number of fused-ring (bicyclic) bond motifs is 1. The molecule has 1 fully saturated rings. The van der Waals surface area contributed by atoms with Crippen LogP contribution in [-0.4, -0.2) is 6.54 Å². The van der Waals surface area contributed by atoms with Crippen molar-refractivity contribution in [2.24, 2.45) is 5.92 Å². The molecule has 0 aromatic carbocycles. The summed E-state index contributed by atoms with van der Waals surface area (Å²) in [5.41, 5.74) is 0. The van der Waals surface area contributed by atoms with Crippen LogP contribution in [0.2, 0.25) is 0 Å². The summed E-state index contributed by atoms with van der Waals surface area (Å²) in [6, 6.07) is 5.23. The van der Waals surface area contributed by atoms with Gasteiger partial charge in [0.05, 0.1) is 0 Å². The Hall–Kier alpha value is -0.380. The summed E-state index contributed by atoms with van der Waals surface area (Å²) in [7, 11) is 0. The predicted octanol–water partition coefficient (Wildman–Crippen LogP) is 4.41. The first-order chi connectivity index (χ1) is 7.86. The monoisotopic (exact) mass is 251 g/mol. The summed E-state index contributed by atoms with van der Waals surface area (Å²) in [4.78, 5) is 1.54. The Kier molecular flexibility index (Phi) is 3.01. The Morgan fingerprint density at radius 2 is 2.31 bits per heavy atom. The van der Waals surface area contributed by atoms with Crippen LogP contribution in [0.5, 0.6) is 0 Å². The van der Waals surface area contributed by atoms with Gasteiger partial charge in [0.25, 0.3) is 0 Å². The average molecular weight is 251 g/mol. The number of hydrogen-bond acceptors (Lipinski definition) is 3. The second-order valence-corrected chi connectivity index (χ2v) is 6.65. The van der Waals surface area contributed by atoms with E-state index in [4.69, 9.17) is 0 Å². The molecule has 0 radical (unpaired) electrons. The molecule has 86 valence electrons. The Labute approximate surface area is 104 Å². The third-order valence-electron chi connectivity index (χ3n) is 3.22. The molecule has 3 rings (SSSR count). The van der Waals surface area contributed by atoms with Crippen LogP contribution >= 0.6 is 22.7 Å². The van der Waals surface area contributed by atoms with Crippen molar-refractivity contribution in [3.8, 4) is 0 Å². The second kappa shape index (κ2) is 4.47. The van der Waals surface area contributed by atoms with E-state index < -0.39 is 0 Å². The Balaban J connectivity index is 1.83. The summed E-state index contributed by atoms with van der Waals surface area (Å²) in [5.74, 6) is 0.990. The van der Waals surface area contributed by atoms with E-state index in [1.807, 2.05) is 22.7 Å². The van der Waals surface area contributed by atoms with Crippen molar-refractivity contribution in [1.29, 1.82) is 0 Å². The smallest absolute Gasteiger partial charge is 0.0454 e. The molecule has 16 heavy (non-hydrogen) atoms. The van der Waals surface area contributed by atoms with Gasteiger partial charge < -0.3 is 5.32 Å². The van der Waals surface area contributed by atoms with Gasteiger partial charge in [-0.15, -0.1) is 22.7 Å². The molecular formula is C13H17NS2. The fourth-order valence-electron chi connectivity index (χ4n) is 2.19. The zero-order valence-electron chi connectivity index (χ0n) is 9.53. The van der Waals surface area contributed by atoms with Crippen molar-refractivity contribution < 1.29 is 0 Å². The quantitative estimate of drug-likeness (QED) is 0.830. The van der Waals surface area contributed by atoms with Gasteiger partial charge in [-0.25, -0.2) is 0 Å². The van der Waals surface area contributed by atoms with Gasteiger partial charge in [-0.05, 0) is 36.4 Å². The van der Waals surface area contributed by atoms with E-state index in [2.05, 4.69) is 29.8 Å². The maximum atomic E-state index is 3.64. The third-order valence-corrected chi connectivity index (χ3v) is 5.43. The number of rotatable bonds is 5. The minimum atomic E-state index is 0.599. The van der Waals surface area contributed by atoms with E-state index in [1.54, 1.807) is 0 Å². The molecule has 1 aliphatic rings. The van der Waals surface area contributed by atoms with E-state index in [0.717, 1.165) is 12.5 Å². The van der Waals surface area contributed by atoms with Gasteiger partial charge in [0.1, 0.15) is 0 Å². The van der Waals surface area contributed by atoms with E-state index in [-0.39, 0.29) is 0 Å². The lowest BCUT2D eigenvalue weighted by Crippen LogP contribution is -2.20. The highest BCUT2D eigenvalue weighted by Crippen LogP contribution is 2.41. The molecule has 1 saturated carbocycles. The second-order valence-electron chi connectivity index (χ2n) is 4.59. The van der Waals surface area contributed by atoms with Crippen molar-refractivity contribution in [3.63, 3.8) is 0 Å². The van der Waals surface area contributed by atoms with Gasteiger partial charge in [-0.2, -0.15) is 0 Å². The zero-order chi connectivity index (χ0) is 11.0. The lowest BCUT2D eigenvalue weighted by Gasteiger charge is -2.15. The van der Waals surface area contributed by atoms with E-state index in [9.17, 15) is 0 Å². The molecular weight excluding hydrogens is 234 g/mol. The van der Waals surface area contributed by atoms with E-state index in [1.165, 1.54) is 33.5 Å². The van der Waals surface area contributed by atoms with Gasteiger partial charge in [-0.1, -0.05) is 19.8 Å². The highest BCUT2D eigenvalue weighted by Gasteiger charge is 2.26. The minimum absolute atomic E-state index is 0.599. The maximum Gasteiger partial charge on any atom is 0.0454 e. The van der Waals surface area contributed by atoms with Crippen molar-refractivity contribution in [2.75, 3.05) is 6.54 Å². The first-order valence-electron chi connectivity index (χ1n) is 6.07. The summed E-state index contributed by atoms with van der Waals surface area (Å²) >= 11 is 3.83. The summed E-state index contributed by atoms with van der Waals surface area (Å²) in [6.45, 7) is 3.28. The van der Waals surface area contributed by atoms with Crippen LogP contribution < -0.4 is 5.32 Å². The summed E-state index contributed by atoms with van der Waals surface area (Å²) < 4.78 is 2.91. The fraction of sp³-hybridized carbons (Fsp3) is 0.538. The van der Waals surface area contributed by atoms with Crippen LogP contribution in [0.25, 0.3) is 9.40 Å². The van der Waals surface area contributed by atoms with Gasteiger partial charge in [0.2, 0.25) is 0 Å². The lowest BCUT2D eigenvalue weighted by molar-refractivity contribution is 0.494. The molecule has 1 unspecified atom stereocenters. The standard InChI is InChI=1S/C13H17NS2/c1-2-14-10(7-9-3-4-9)12-8-13-11(16-12)5-6-15-13/h5-6,8-10,14H,2-4,7H2,1H3. The largest absolute Gasteiger partial charge is 0.310 e. The molecule has 1 atom stereocenters. The molecule has 3 heteroatoms. The van der Waals surface area contributed by atoms with Crippen LogP contribution in [0.4, 0.5) is 0 Å². The first kappa shape index (κ1) is 10.8. The molecule has 0 aliphatic heterocycles. The first-order valence-corrected chi connectivity index (χ1v) is 7.76. The normalized spacial score (nSPS) is 18.1. The topological polar surface area (TPSA) is 12.0 Å². The van der Waals surface area contributed by atoms with Crippen LogP contribution in [0.15, 0.2) is 17.5 Å². The van der Waals surface area contributed by atoms with Crippen molar-refractivity contribution >= 4 is 32.1 Å². The molecule has 1 aliphatic carbocycles. The molecule has 1 N–H and O–H groups in total. The highest BCUT2D eigenvalue weighted by molar-refractivity contribution is 7.26. The number of nitrogens with one attached hydrogen (secondary N) is 1. The Morgan fingerprint density at radius 1 is 1.44 bits per heavy atom. The molecule has 0 saturated heterocycles. The van der Waals surface area contributed by atoms with Gasteiger partial charge in [0.15, 0.2) is 0 Å². The molecule has 1 nitrogen and oxygen atoms in total. The zero-order valence-corrected chi connectivity index (χ0v) is 11.2. The predicted molar refractivity (Wildman–Crippen MR) is 73.5 cm³/mol. The fourth-order valence-corrected chi connectivity index (χ4v) is 4.40. The van der Waals surface area contributed by atoms with Gasteiger partial charge >= 0.3 is 0 Å². The minimum Gasteiger partial charge on any atom is -0.310 e. The van der Waals surface area contributed by atoms with Crippen LogP contribution in [0, 0.1) is 5.92 Å². The molecule has 0 amide bonds. The molecule has 2 aromatic heterocycles. The summed E-state index contributed by atoms with van der Waals surface area (Å²) in [6.07, 6.45) is 4.23. The van der Waals surface area contributed by atoms with Crippen molar-refractivity contribution in [2.45, 2.75) is 32.2 Å². The van der Waals surface area contributed by atoms with Gasteiger partial charge in [0, 0.05) is 20.3 Å². The SMILES string of the molecule is CCNC(CC1CC1)c1cc2sccc2s1. The van der Waals surface area contributed by atoms with E-state index in [0.29, 0.717) is 6.04 Å². The number of thiophene rings is 2. The molecule has 0 spiro atoms. The Bertz CT molecular complexity index is 438. The van der Waals surface area contributed by atoms with Crippen LogP contribution in [0.3, 0.4) is 0 Å². The van der Waals surface area contributed by atoms with Crippen LogP contribution in [-0.2, 0) is 0 Å². The molecule has 2 aromatic rings. The van der Waals surface area contributed by atoms with E-state index >= 15 is 0 Å². The molecule has 0 bridgehead atoms. The lowest BCUT2D eigenvalue weighted by atomic mass is 10.1.